The molecule has 1 aromatic carbocycles. The van der Waals surface area contributed by atoms with Crippen LogP contribution in [0.3, 0.4) is 0 Å². The number of hydrogen-bond acceptors (Lipinski definition) is 5. The molecule has 0 saturated heterocycles. The van der Waals surface area contributed by atoms with E-state index in [2.05, 4.69) is 5.10 Å². The first-order valence-corrected chi connectivity index (χ1v) is 11.8. The maximum Gasteiger partial charge on any atom is 0.416 e. The molecule has 1 aliphatic carbocycles. The Balaban J connectivity index is 2.16. The number of carbonyl (C=O) groups is 1. The molecule has 0 bridgehead atoms. The van der Waals surface area contributed by atoms with Crippen LogP contribution in [-0.2, 0) is 45.0 Å². The fourth-order valence-corrected chi connectivity index (χ4v) is 4.97. The van der Waals surface area contributed by atoms with Crippen molar-refractivity contribution in [1.82, 2.24) is 9.78 Å². The zero-order valence-electron chi connectivity index (χ0n) is 16.0. The van der Waals surface area contributed by atoms with Gasteiger partial charge in [0.1, 0.15) is 6.54 Å². The second-order valence-corrected chi connectivity index (χ2v) is 9.92. The van der Waals surface area contributed by atoms with E-state index in [9.17, 15) is 35.1 Å². The first kappa shape index (κ1) is 23.2. The van der Waals surface area contributed by atoms with Crippen LogP contribution in [0.5, 0.6) is 0 Å². The monoisotopic (exact) mass is 481 g/mol. The van der Waals surface area contributed by atoms with Crippen molar-refractivity contribution in [3.05, 3.63) is 41.2 Å². The van der Waals surface area contributed by atoms with Crippen LogP contribution in [0.15, 0.2) is 29.3 Å². The predicted octanol–water partition coefficient (Wildman–Crippen LogP) is 2.41. The highest BCUT2D eigenvalue weighted by Crippen LogP contribution is 2.41. The third kappa shape index (κ3) is 4.91. The third-order valence-corrected chi connectivity index (χ3v) is 6.76. The summed E-state index contributed by atoms with van der Waals surface area (Å²) in [6.07, 6.45) is -1.68. The molecule has 0 aliphatic heterocycles. The van der Waals surface area contributed by atoms with E-state index in [1.807, 2.05) is 0 Å². The predicted molar refractivity (Wildman–Crippen MR) is 103 cm³/mol. The molecule has 0 saturated carbocycles. The minimum Gasteiger partial charge on any atom is -0.480 e. The molecule has 170 valence electrons. The summed E-state index contributed by atoms with van der Waals surface area (Å²) >= 11 is -2.81. The van der Waals surface area contributed by atoms with E-state index in [1.165, 1.54) is 10.9 Å². The lowest BCUT2D eigenvalue weighted by Gasteiger charge is -2.33. The molecule has 2 N–H and O–H groups in total. The lowest BCUT2D eigenvalue weighted by molar-refractivity contribution is -0.138. The number of rotatable bonds is 6. The van der Waals surface area contributed by atoms with Crippen molar-refractivity contribution in [3.63, 3.8) is 0 Å². The average Bonchev–Trinajstić information content (AvgIpc) is 3.03. The number of hydrogen-bond donors (Lipinski definition) is 2. The average molecular weight is 481 g/mol. The molecule has 3 rings (SSSR count). The Morgan fingerprint density at radius 3 is 2.58 bits per heavy atom. The Labute approximate surface area is 177 Å². The molecule has 14 heteroatoms. The Kier molecular flexibility index (Phi) is 6.17. The Bertz CT molecular complexity index is 1150. The van der Waals surface area contributed by atoms with Crippen molar-refractivity contribution in [1.29, 1.82) is 0 Å². The Morgan fingerprint density at radius 1 is 1.35 bits per heavy atom. The van der Waals surface area contributed by atoms with Gasteiger partial charge in [-0.3, -0.25) is 18.3 Å². The van der Waals surface area contributed by atoms with Crippen LogP contribution in [0.1, 0.15) is 35.7 Å². The van der Waals surface area contributed by atoms with Crippen LogP contribution in [0.2, 0.25) is 0 Å². The molecule has 2 aromatic rings. The molecule has 9 nitrogen and oxygen atoms in total. The van der Waals surface area contributed by atoms with E-state index in [0.29, 0.717) is 36.2 Å². The van der Waals surface area contributed by atoms with Crippen LogP contribution in [0.25, 0.3) is 0 Å². The standard InChI is InChI=1S/C17H18F3N3O6S2/c1-31(28,29)12-6-10(17(18,19)20)5-11(7-12)23(30(26)27)15-4-2-3-14-13(15)8-21-22(14)9-16(24)25/h5-8,15H,2-4,9H2,1H3,(H,24,25)(H,26,27)/t15-/m1/s1. The van der Waals surface area contributed by atoms with Crippen LogP contribution in [0, 0.1) is 0 Å². The maximum atomic E-state index is 13.4. The number of anilines is 1. The van der Waals surface area contributed by atoms with Gasteiger partial charge in [0.05, 0.1) is 28.4 Å². The van der Waals surface area contributed by atoms with Gasteiger partial charge in [0, 0.05) is 17.5 Å². The van der Waals surface area contributed by atoms with Crippen LogP contribution in [-0.4, -0.2) is 44.3 Å². The molecule has 1 aliphatic rings. The topological polar surface area (TPSA) is 130 Å². The first-order chi connectivity index (χ1) is 14.3. The summed E-state index contributed by atoms with van der Waals surface area (Å²) in [5.41, 5.74) is -0.795. The lowest BCUT2D eigenvalue weighted by Crippen LogP contribution is -2.33. The molecular weight excluding hydrogens is 463 g/mol. The molecule has 0 radical (unpaired) electrons. The second-order valence-electron chi connectivity index (χ2n) is 7.05. The highest BCUT2D eigenvalue weighted by Gasteiger charge is 2.36. The lowest BCUT2D eigenvalue weighted by atomic mass is 9.92. The van der Waals surface area contributed by atoms with Crippen molar-refractivity contribution >= 4 is 32.8 Å². The SMILES string of the molecule is CS(=O)(=O)c1cc(N([C@@H]2CCCc3c2cnn3CC(=O)O)S(=O)O)cc(C(F)(F)F)c1. The number of carboxylic acid groups (broad SMARTS) is 1. The number of carboxylic acids is 1. The largest absolute Gasteiger partial charge is 0.480 e. The molecular formula is C17H18F3N3O6S2. The van der Waals surface area contributed by atoms with Gasteiger partial charge in [-0.25, -0.2) is 12.6 Å². The fourth-order valence-electron chi connectivity index (χ4n) is 3.57. The summed E-state index contributed by atoms with van der Waals surface area (Å²) < 4.78 is 88.2. The quantitative estimate of drug-likeness (QED) is 0.606. The summed E-state index contributed by atoms with van der Waals surface area (Å²) in [7, 11) is -4.06. The molecule has 1 unspecified atom stereocenters. The summed E-state index contributed by atoms with van der Waals surface area (Å²) in [5.74, 6) is -1.15. The summed E-state index contributed by atoms with van der Waals surface area (Å²) in [5, 5.41) is 13.0. The Hall–Kier alpha value is -2.45. The minimum absolute atomic E-state index is 0.266. The summed E-state index contributed by atoms with van der Waals surface area (Å²) in [4.78, 5) is 10.4. The normalized spacial score (nSPS) is 17.8. The highest BCUT2D eigenvalue weighted by molar-refractivity contribution is 7.90. The van der Waals surface area contributed by atoms with Gasteiger partial charge in [-0.1, -0.05) is 0 Å². The number of benzene rings is 1. The van der Waals surface area contributed by atoms with Gasteiger partial charge < -0.3 is 5.11 Å². The van der Waals surface area contributed by atoms with Crippen molar-refractivity contribution < 1.29 is 40.3 Å². The third-order valence-electron chi connectivity index (χ3n) is 4.87. The van der Waals surface area contributed by atoms with Crippen molar-refractivity contribution in [3.8, 4) is 0 Å². The zero-order valence-corrected chi connectivity index (χ0v) is 17.7. The molecule has 0 fully saturated rings. The van der Waals surface area contributed by atoms with Gasteiger partial charge >= 0.3 is 12.1 Å². The van der Waals surface area contributed by atoms with E-state index in [1.54, 1.807) is 0 Å². The molecule has 1 aromatic heterocycles. The number of nitrogens with zero attached hydrogens (tertiary/aromatic N) is 3. The van der Waals surface area contributed by atoms with Gasteiger partial charge in [-0.15, -0.1) is 0 Å². The van der Waals surface area contributed by atoms with E-state index in [-0.39, 0.29) is 6.42 Å². The highest BCUT2D eigenvalue weighted by atomic mass is 32.2. The van der Waals surface area contributed by atoms with E-state index < -0.39 is 62.0 Å². The molecule has 0 amide bonds. The number of halogens is 3. The number of alkyl halides is 3. The summed E-state index contributed by atoms with van der Waals surface area (Å²) in [6, 6.07) is 1.08. The van der Waals surface area contributed by atoms with Crippen LogP contribution < -0.4 is 4.31 Å². The smallest absolute Gasteiger partial charge is 0.416 e. The zero-order chi connectivity index (χ0) is 23.1. The first-order valence-electron chi connectivity index (χ1n) is 8.88. The van der Waals surface area contributed by atoms with Crippen molar-refractivity contribution in [2.24, 2.45) is 0 Å². The van der Waals surface area contributed by atoms with Crippen LogP contribution >= 0.6 is 0 Å². The number of aromatic nitrogens is 2. The molecule has 31 heavy (non-hydrogen) atoms. The van der Waals surface area contributed by atoms with E-state index in [0.717, 1.165) is 16.6 Å². The fraction of sp³-hybridized carbons (Fsp3) is 0.412. The van der Waals surface area contributed by atoms with Crippen molar-refractivity contribution in [2.45, 2.75) is 42.9 Å². The number of fused-ring (bicyclic) bond motifs is 1. The van der Waals surface area contributed by atoms with Crippen molar-refractivity contribution in [2.75, 3.05) is 10.6 Å². The van der Waals surface area contributed by atoms with Gasteiger partial charge in [0.2, 0.25) is 0 Å². The number of aliphatic carboxylic acids is 1. The molecule has 0 spiro atoms. The summed E-state index contributed by atoms with van der Waals surface area (Å²) in [6.45, 7) is -0.438. The van der Waals surface area contributed by atoms with E-state index in [4.69, 9.17) is 5.11 Å². The maximum absolute atomic E-state index is 13.4. The Morgan fingerprint density at radius 2 is 2.03 bits per heavy atom. The van der Waals surface area contributed by atoms with Gasteiger partial charge in [0.25, 0.3) is 11.3 Å². The second kappa shape index (κ2) is 8.24. The van der Waals surface area contributed by atoms with Crippen LogP contribution in [0.4, 0.5) is 18.9 Å². The molecule has 1 heterocycles. The number of sulfone groups is 1. The van der Waals surface area contributed by atoms with E-state index >= 15 is 0 Å². The molecule has 2 atom stereocenters. The van der Waals surface area contributed by atoms with Gasteiger partial charge in [-0.05, 0) is 37.5 Å². The van der Waals surface area contributed by atoms with Gasteiger partial charge in [0.15, 0.2) is 9.84 Å². The van der Waals surface area contributed by atoms with Gasteiger partial charge in [-0.2, -0.15) is 18.3 Å². The minimum atomic E-state index is -4.89.